The average Bonchev–Trinajstić information content (AvgIpc) is 2.77. The zero-order valence-corrected chi connectivity index (χ0v) is 20.0. The predicted octanol–water partition coefficient (Wildman–Crippen LogP) is 9.13. The zero-order valence-electron chi connectivity index (χ0n) is 20.0. The first-order chi connectivity index (χ1) is 14.9. The van der Waals surface area contributed by atoms with E-state index < -0.39 is 0 Å². The minimum atomic E-state index is 0.140. The van der Waals surface area contributed by atoms with Gasteiger partial charge in [-0.2, -0.15) is 0 Å². The largest absolute Gasteiger partial charge is 0.0988 e. The van der Waals surface area contributed by atoms with Crippen molar-refractivity contribution < 1.29 is 0 Å². The number of aryl methyl sites for hydroxylation is 1. The molecule has 0 amide bonds. The molecule has 1 aromatic rings. The third-order valence-electron chi connectivity index (χ3n) is 6.43. The lowest BCUT2D eigenvalue weighted by Crippen LogP contribution is -2.23. The molecule has 1 aliphatic rings. The Kier molecular flexibility index (Phi) is 9.06. The third kappa shape index (κ3) is 5.44. The minimum Gasteiger partial charge on any atom is -0.0988 e. The Morgan fingerprint density at radius 2 is 1.55 bits per heavy atom. The van der Waals surface area contributed by atoms with Gasteiger partial charge in [-0.3, -0.25) is 0 Å². The van der Waals surface area contributed by atoms with Gasteiger partial charge in [0.15, 0.2) is 0 Å². The molecule has 31 heavy (non-hydrogen) atoms. The highest BCUT2D eigenvalue weighted by Crippen LogP contribution is 2.47. The molecular weight excluding hydrogens is 372 g/mol. The van der Waals surface area contributed by atoms with E-state index in [9.17, 15) is 0 Å². The van der Waals surface area contributed by atoms with Crippen LogP contribution in [0, 0.1) is 12.8 Å². The summed E-state index contributed by atoms with van der Waals surface area (Å²) in [6.45, 7) is 23.4. The molecule has 2 unspecified atom stereocenters. The Hall–Kier alpha value is -2.86. The lowest BCUT2D eigenvalue weighted by atomic mass is 9.67. The number of hydrogen-bond acceptors (Lipinski definition) is 0. The molecule has 0 saturated carbocycles. The standard InChI is InChI=1S/C31H38/c1-9-17-23(6)27(12-4)31(29-21-16-14-19-25(29)8)30(26(11-3)22(5)10-2)28-20-15-13-18-24(28)7/h9-15,17-20,30-31H,2-4,16,21H2,1,5-8H3/b17-9-,26-22+,27-23+. The molecule has 0 spiro atoms. The third-order valence-corrected chi connectivity index (χ3v) is 6.43. The van der Waals surface area contributed by atoms with Crippen LogP contribution in [-0.4, -0.2) is 0 Å². The second kappa shape index (κ2) is 11.5. The van der Waals surface area contributed by atoms with Crippen molar-refractivity contribution in [3.63, 3.8) is 0 Å². The van der Waals surface area contributed by atoms with Crippen LogP contribution in [0.15, 0.2) is 120 Å². The summed E-state index contributed by atoms with van der Waals surface area (Å²) >= 11 is 0. The van der Waals surface area contributed by atoms with Crippen LogP contribution in [0.3, 0.4) is 0 Å². The highest BCUT2D eigenvalue weighted by molar-refractivity contribution is 5.52. The molecule has 0 bridgehead atoms. The fraction of sp³-hybridized carbons (Fsp3) is 0.290. The smallest absolute Gasteiger partial charge is 0.0201 e. The minimum absolute atomic E-state index is 0.140. The van der Waals surface area contributed by atoms with Gasteiger partial charge in [0, 0.05) is 11.8 Å². The van der Waals surface area contributed by atoms with Gasteiger partial charge >= 0.3 is 0 Å². The van der Waals surface area contributed by atoms with Crippen LogP contribution in [0.25, 0.3) is 0 Å². The highest BCUT2D eigenvalue weighted by atomic mass is 14.4. The molecule has 0 N–H and O–H groups in total. The lowest BCUT2D eigenvalue weighted by molar-refractivity contribution is 0.587. The summed E-state index contributed by atoms with van der Waals surface area (Å²) in [5.41, 5.74) is 10.4. The lowest BCUT2D eigenvalue weighted by Gasteiger charge is -2.36. The Labute approximate surface area is 190 Å². The summed E-state index contributed by atoms with van der Waals surface area (Å²) in [5.74, 6) is 0.323. The zero-order chi connectivity index (χ0) is 23.0. The van der Waals surface area contributed by atoms with Crippen LogP contribution >= 0.6 is 0 Å². The molecule has 0 saturated heterocycles. The van der Waals surface area contributed by atoms with Crippen LogP contribution in [-0.2, 0) is 0 Å². The van der Waals surface area contributed by atoms with Gasteiger partial charge in [0.25, 0.3) is 0 Å². The molecule has 0 aromatic heterocycles. The van der Waals surface area contributed by atoms with E-state index in [0.717, 1.165) is 12.8 Å². The second-order valence-electron chi connectivity index (χ2n) is 8.35. The molecule has 1 aliphatic carbocycles. The quantitative estimate of drug-likeness (QED) is 0.356. The van der Waals surface area contributed by atoms with Crippen LogP contribution in [0.4, 0.5) is 0 Å². The molecule has 0 fully saturated rings. The van der Waals surface area contributed by atoms with Crippen molar-refractivity contribution in [2.24, 2.45) is 5.92 Å². The fourth-order valence-corrected chi connectivity index (χ4v) is 4.77. The van der Waals surface area contributed by atoms with Gasteiger partial charge in [-0.25, -0.2) is 0 Å². The molecule has 2 rings (SSSR count). The number of rotatable bonds is 9. The summed E-state index contributed by atoms with van der Waals surface area (Å²) in [6.07, 6.45) is 17.1. The van der Waals surface area contributed by atoms with E-state index >= 15 is 0 Å². The van der Waals surface area contributed by atoms with Gasteiger partial charge in [0.05, 0.1) is 0 Å². The van der Waals surface area contributed by atoms with E-state index in [0.29, 0.717) is 0 Å². The van der Waals surface area contributed by atoms with Gasteiger partial charge in [-0.15, -0.1) is 0 Å². The van der Waals surface area contributed by atoms with Gasteiger partial charge in [0.2, 0.25) is 0 Å². The highest BCUT2D eigenvalue weighted by Gasteiger charge is 2.33. The molecule has 0 heteroatoms. The SMILES string of the molecule is C=C/C(C)=C(\C=C)C(c1ccccc1C)C(C1=C(C)C=CCC1)/C(C=C)=C(C)/C=C\C. The van der Waals surface area contributed by atoms with E-state index in [2.05, 4.69) is 109 Å². The summed E-state index contributed by atoms with van der Waals surface area (Å²) in [7, 11) is 0. The summed E-state index contributed by atoms with van der Waals surface area (Å²) in [5, 5.41) is 0. The Balaban J connectivity index is 3.00. The normalized spacial score (nSPS) is 17.7. The second-order valence-corrected chi connectivity index (χ2v) is 8.35. The van der Waals surface area contributed by atoms with Crippen molar-refractivity contribution >= 4 is 0 Å². The van der Waals surface area contributed by atoms with Crippen LogP contribution < -0.4 is 0 Å². The summed E-state index contributed by atoms with van der Waals surface area (Å²) in [6, 6.07) is 8.74. The van der Waals surface area contributed by atoms with E-state index in [1.54, 1.807) is 0 Å². The first-order valence-corrected chi connectivity index (χ1v) is 11.2. The Morgan fingerprint density at radius 1 is 0.903 bits per heavy atom. The molecular formula is C31H38. The molecule has 1 aromatic carbocycles. The maximum Gasteiger partial charge on any atom is 0.0201 e. The Morgan fingerprint density at radius 3 is 2.10 bits per heavy atom. The van der Waals surface area contributed by atoms with Crippen LogP contribution in [0.2, 0.25) is 0 Å². The van der Waals surface area contributed by atoms with Crippen molar-refractivity contribution in [3.8, 4) is 0 Å². The van der Waals surface area contributed by atoms with Crippen LogP contribution in [0.5, 0.6) is 0 Å². The first-order valence-electron chi connectivity index (χ1n) is 11.2. The van der Waals surface area contributed by atoms with E-state index in [1.807, 2.05) is 12.2 Å². The molecule has 0 heterocycles. The van der Waals surface area contributed by atoms with Crippen molar-refractivity contribution in [1.82, 2.24) is 0 Å². The maximum atomic E-state index is 4.26. The van der Waals surface area contributed by atoms with Gasteiger partial charge in [-0.05, 0) is 80.9 Å². The van der Waals surface area contributed by atoms with Gasteiger partial charge < -0.3 is 0 Å². The van der Waals surface area contributed by atoms with Gasteiger partial charge in [0.1, 0.15) is 0 Å². The average molecular weight is 411 g/mol. The van der Waals surface area contributed by atoms with Gasteiger partial charge in [-0.1, -0.05) is 97.7 Å². The molecule has 0 aliphatic heterocycles. The number of allylic oxidation sites excluding steroid dienone is 13. The first kappa shape index (κ1) is 24.4. The molecule has 2 atom stereocenters. The predicted molar refractivity (Wildman–Crippen MR) is 139 cm³/mol. The number of hydrogen-bond donors (Lipinski definition) is 0. The molecule has 0 nitrogen and oxygen atoms in total. The van der Waals surface area contributed by atoms with Crippen molar-refractivity contribution in [1.29, 1.82) is 0 Å². The molecule has 0 radical (unpaired) electrons. The van der Waals surface area contributed by atoms with E-state index in [-0.39, 0.29) is 11.8 Å². The van der Waals surface area contributed by atoms with Crippen LogP contribution in [0.1, 0.15) is 57.6 Å². The fourth-order valence-electron chi connectivity index (χ4n) is 4.77. The summed E-state index contributed by atoms with van der Waals surface area (Å²) < 4.78 is 0. The Bertz CT molecular complexity index is 985. The topological polar surface area (TPSA) is 0 Å². The molecule has 162 valence electrons. The van der Waals surface area contributed by atoms with Crippen molar-refractivity contribution in [3.05, 3.63) is 131 Å². The number of benzene rings is 1. The van der Waals surface area contributed by atoms with E-state index in [4.69, 9.17) is 0 Å². The van der Waals surface area contributed by atoms with E-state index in [1.165, 1.54) is 44.6 Å². The van der Waals surface area contributed by atoms with Crippen molar-refractivity contribution in [2.75, 3.05) is 0 Å². The monoisotopic (exact) mass is 410 g/mol. The van der Waals surface area contributed by atoms with Crippen molar-refractivity contribution in [2.45, 2.75) is 53.4 Å². The maximum absolute atomic E-state index is 4.26. The summed E-state index contributed by atoms with van der Waals surface area (Å²) in [4.78, 5) is 0.